The van der Waals surface area contributed by atoms with E-state index in [1.807, 2.05) is 0 Å². The van der Waals surface area contributed by atoms with E-state index in [4.69, 9.17) is 16.7 Å². The molecule has 0 saturated carbocycles. The summed E-state index contributed by atoms with van der Waals surface area (Å²) in [7, 11) is 0. The summed E-state index contributed by atoms with van der Waals surface area (Å²) in [5, 5.41) is 25.2. The fourth-order valence-corrected chi connectivity index (χ4v) is 2.37. The summed E-state index contributed by atoms with van der Waals surface area (Å²) >= 11 is 0. The van der Waals surface area contributed by atoms with E-state index in [9.17, 15) is 14.9 Å². The fraction of sp³-hybridized carbons (Fsp3) is 0.125. The van der Waals surface area contributed by atoms with Gasteiger partial charge in [0.05, 0.1) is 17.5 Å². The summed E-state index contributed by atoms with van der Waals surface area (Å²) in [6, 6.07) is 7.60. The normalized spacial score (nSPS) is 10.7. The Labute approximate surface area is 148 Å². The topological polar surface area (TPSA) is 166 Å². The maximum absolute atomic E-state index is 10.9. The van der Waals surface area contributed by atoms with Crippen molar-refractivity contribution in [1.82, 2.24) is 0 Å². The highest BCUT2D eigenvalue weighted by Gasteiger charge is 2.15. The maximum atomic E-state index is 10.9. The molecule has 0 fully saturated rings. The summed E-state index contributed by atoms with van der Waals surface area (Å²) in [5.41, 5.74) is 8.47. The molecule has 6 N–H and O–H groups in total. The zero-order chi connectivity index (χ0) is 19.3. The van der Waals surface area contributed by atoms with Crippen molar-refractivity contribution in [3.8, 4) is 5.75 Å². The number of aromatic carboxylic acids is 1. The average molecular weight is 359 g/mol. The first-order chi connectivity index (χ1) is 12.3. The molecule has 0 aliphatic rings. The molecule has 26 heavy (non-hydrogen) atoms. The zero-order valence-electron chi connectivity index (χ0n) is 13.8. The molecule has 2 aromatic carbocycles. The van der Waals surface area contributed by atoms with Gasteiger partial charge in [0.2, 0.25) is 0 Å². The minimum absolute atomic E-state index is 0.00889. The lowest BCUT2D eigenvalue weighted by Gasteiger charge is -2.17. The molecule has 0 radical (unpaired) electrons. The van der Waals surface area contributed by atoms with E-state index in [0.717, 1.165) is 5.56 Å². The van der Waals surface area contributed by atoms with E-state index in [2.05, 4.69) is 15.3 Å². The molecule has 0 atom stereocenters. The number of nitrogens with zero attached hydrogens (tertiary/aromatic N) is 2. The van der Waals surface area contributed by atoms with Gasteiger partial charge in [-0.1, -0.05) is 12.1 Å². The predicted octanol–water partition coefficient (Wildman–Crippen LogP) is 1.75. The van der Waals surface area contributed by atoms with Crippen LogP contribution in [0.2, 0.25) is 0 Å². The summed E-state index contributed by atoms with van der Waals surface area (Å²) in [6.07, 6.45) is 1.33. The van der Waals surface area contributed by atoms with E-state index in [0.29, 0.717) is 23.4 Å². The van der Waals surface area contributed by atoms with Gasteiger partial charge in [0.1, 0.15) is 5.75 Å². The third-order valence-corrected chi connectivity index (χ3v) is 3.66. The average Bonchev–Trinajstić information content (AvgIpc) is 2.59. The first kappa shape index (κ1) is 18.5. The third kappa shape index (κ3) is 4.17. The van der Waals surface area contributed by atoms with Crippen LogP contribution in [0.3, 0.4) is 0 Å². The number of hydrazone groups is 1. The van der Waals surface area contributed by atoms with Crippen molar-refractivity contribution < 1.29 is 19.8 Å². The number of nitrogens with one attached hydrogen (secondary N) is 1. The molecular formula is C16H17N5O5. The Morgan fingerprint density at radius 1 is 1.42 bits per heavy atom. The van der Waals surface area contributed by atoms with Gasteiger partial charge >= 0.3 is 5.97 Å². The van der Waals surface area contributed by atoms with Gasteiger partial charge in [-0.05, 0) is 30.7 Å². The number of nitrogens with two attached hydrogens (primary N) is 2. The van der Waals surface area contributed by atoms with Crippen molar-refractivity contribution in [3.63, 3.8) is 0 Å². The van der Waals surface area contributed by atoms with Crippen molar-refractivity contribution >= 4 is 23.6 Å². The first-order valence-electron chi connectivity index (χ1n) is 7.38. The van der Waals surface area contributed by atoms with E-state index < -0.39 is 11.1 Å². The molecule has 0 aliphatic carbocycles. The van der Waals surface area contributed by atoms with Crippen LogP contribution in [-0.2, 0) is 6.54 Å². The summed E-state index contributed by atoms with van der Waals surface area (Å²) in [4.78, 5) is 26.1. The van der Waals surface area contributed by atoms with Crippen LogP contribution in [0, 0.1) is 17.0 Å². The molecule has 0 saturated heterocycles. The lowest BCUT2D eigenvalue weighted by molar-refractivity contribution is -0.711. The second-order valence-electron chi connectivity index (χ2n) is 5.33. The molecule has 10 heteroatoms. The molecule has 10 nitrogen and oxygen atoms in total. The second-order valence-corrected chi connectivity index (χ2v) is 5.33. The number of anilines is 2. The Morgan fingerprint density at radius 3 is 2.62 bits per heavy atom. The SMILES string of the molecule is Cc1c(O[N+](=O)[O-])cc(N)c(/C=N/N)c1NCc1ccc(C(=O)O)cc1. The zero-order valence-corrected chi connectivity index (χ0v) is 13.8. The summed E-state index contributed by atoms with van der Waals surface area (Å²) < 4.78 is 0. The first-order valence-corrected chi connectivity index (χ1v) is 7.38. The molecular weight excluding hydrogens is 342 g/mol. The van der Waals surface area contributed by atoms with Gasteiger partial charge < -0.3 is 22.0 Å². The summed E-state index contributed by atoms with van der Waals surface area (Å²) in [6.45, 7) is 1.94. The second kappa shape index (κ2) is 7.83. The molecule has 0 aromatic heterocycles. The number of carbonyl (C=O) groups is 1. The fourth-order valence-electron chi connectivity index (χ4n) is 2.37. The molecule has 0 heterocycles. The highest BCUT2D eigenvalue weighted by atomic mass is 17.0. The Balaban J connectivity index is 2.34. The number of hydrogen-bond acceptors (Lipinski definition) is 8. The van der Waals surface area contributed by atoms with E-state index in [-0.39, 0.29) is 17.0 Å². The van der Waals surface area contributed by atoms with Crippen LogP contribution in [0.5, 0.6) is 5.75 Å². The van der Waals surface area contributed by atoms with Gasteiger partial charge in [-0.15, -0.1) is 10.1 Å². The van der Waals surface area contributed by atoms with Crippen LogP contribution in [0.4, 0.5) is 11.4 Å². The Bertz CT molecular complexity index is 864. The standard InChI is InChI=1S/C16H17N5O5/c1-9-14(26-21(24)25)6-13(17)12(8-20-18)15(9)19-7-10-2-4-11(5-3-10)16(22)23/h2-6,8,19H,7,17-18H2,1H3,(H,22,23)/b20-8+. The summed E-state index contributed by atoms with van der Waals surface area (Å²) in [5.74, 6) is 4.19. The molecule has 2 aromatic rings. The number of hydrogen-bond donors (Lipinski definition) is 4. The minimum Gasteiger partial charge on any atom is -0.478 e. The lowest BCUT2D eigenvalue weighted by Crippen LogP contribution is -2.11. The predicted molar refractivity (Wildman–Crippen MR) is 95.7 cm³/mol. The van der Waals surface area contributed by atoms with E-state index in [1.54, 1.807) is 19.1 Å². The van der Waals surface area contributed by atoms with Crippen molar-refractivity contribution in [1.29, 1.82) is 0 Å². The van der Waals surface area contributed by atoms with Crippen molar-refractivity contribution in [2.75, 3.05) is 11.1 Å². The monoisotopic (exact) mass is 359 g/mol. The highest BCUT2D eigenvalue weighted by Crippen LogP contribution is 2.34. The lowest BCUT2D eigenvalue weighted by atomic mass is 10.0. The Kier molecular flexibility index (Phi) is 5.58. The van der Waals surface area contributed by atoms with Gasteiger partial charge in [-0.2, -0.15) is 5.10 Å². The van der Waals surface area contributed by atoms with Crippen LogP contribution in [0.25, 0.3) is 0 Å². The molecule has 0 unspecified atom stereocenters. The van der Waals surface area contributed by atoms with Crippen LogP contribution in [-0.4, -0.2) is 22.4 Å². The number of carboxylic acids is 1. The number of rotatable bonds is 7. The largest absolute Gasteiger partial charge is 0.478 e. The Hall–Kier alpha value is -3.82. The molecule has 0 spiro atoms. The van der Waals surface area contributed by atoms with Gasteiger partial charge in [0, 0.05) is 23.4 Å². The highest BCUT2D eigenvalue weighted by molar-refractivity contribution is 5.96. The van der Waals surface area contributed by atoms with E-state index >= 15 is 0 Å². The van der Waals surface area contributed by atoms with Crippen molar-refractivity contribution in [3.05, 3.63) is 62.7 Å². The quantitative estimate of drug-likeness (QED) is 0.191. The molecule has 2 rings (SSSR count). The van der Waals surface area contributed by atoms with Gasteiger partial charge in [-0.25, -0.2) is 4.79 Å². The maximum Gasteiger partial charge on any atom is 0.335 e. The molecule has 0 bridgehead atoms. The molecule has 0 aliphatic heterocycles. The number of carboxylic acid groups (broad SMARTS) is 1. The van der Waals surface area contributed by atoms with Crippen LogP contribution < -0.4 is 21.7 Å². The number of benzene rings is 2. The van der Waals surface area contributed by atoms with Gasteiger partial charge in [-0.3, -0.25) is 4.84 Å². The Morgan fingerprint density at radius 2 is 2.08 bits per heavy atom. The smallest absolute Gasteiger partial charge is 0.335 e. The van der Waals surface area contributed by atoms with Crippen LogP contribution in [0.15, 0.2) is 35.4 Å². The van der Waals surface area contributed by atoms with Crippen LogP contribution in [0.1, 0.15) is 27.0 Å². The van der Waals surface area contributed by atoms with Crippen molar-refractivity contribution in [2.24, 2.45) is 10.9 Å². The minimum atomic E-state index is -1.01. The van der Waals surface area contributed by atoms with Gasteiger partial charge in [0.25, 0.3) is 5.09 Å². The molecule has 0 amide bonds. The van der Waals surface area contributed by atoms with E-state index in [1.165, 1.54) is 24.4 Å². The third-order valence-electron chi connectivity index (χ3n) is 3.66. The van der Waals surface area contributed by atoms with Gasteiger partial charge in [0.15, 0.2) is 0 Å². The molecule has 136 valence electrons. The number of nitrogen functional groups attached to an aromatic ring is 1. The van der Waals surface area contributed by atoms with Crippen LogP contribution >= 0.6 is 0 Å². The van der Waals surface area contributed by atoms with Crippen molar-refractivity contribution in [2.45, 2.75) is 13.5 Å².